The van der Waals surface area contributed by atoms with Gasteiger partial charge >= 0.3 is 0 Å². The Morgan fingerprint density at radius 2 is 0.788 bits per heavy atom. The lowest BCUT2D eigenvalue weighted by Crippen LogP contribution is -2.13. The van der Waals surface area contributed by atoms with Crippen molar-refractivity contribution in [3.63, 3.8) is 0 Å². The number of hydrogen-bond acceptors (Lipinski definition) is 1. The van der Waals surface area contributed by atoms with Crippen LogP contribution < -0.4 is 0 Å². The first-order valence-corrected chi connectivity index (χ1v) is 12.4. The smallest absolute Gasteiger partial charge is 0.109 e. The summed E-state index contributed by atoms with van der Waals surface area (Å²) in [5.41, 5.74) is 6.97. The zero-order chi connectivity index (χ0) is 22.9. The Morgan fingerprint density at radius 1 is 0.455 bits per heavy atom. The molecule has 0 aromatic heterocycles. The van der Waals surface area contributed by atoms with Crippen molar-refractivity contribution in [2.24, 2.45) is 0 Å². The second-order valence-electron chi connectivity index (χ2n) is 8.08. The topological polar surface area (TPSA) is 9.23 Å². The first-order valence-electron chi connectivity index (χ1n) is 11.3. The van der Waals surface area contributed by atoms with E-state index in [9.17, 15) is 0 Å². The Labute approximate surface area is 207 Å². The van der Waals surface area contributed by atoms with Crippen LogP contribution in [0.1, 0.15) is 45.6 Å². The highest BCUT2D eigenvalue weighted by molar-refractivity contribution is 6.18. The molecule has 168 valence electrons. The quantitative estimate of drug-likeness (QED) is 0.210. The molecule has 0 spiro atoms. The molecule has 0 saturated heterocycles. The van der Waals surface area contributed by atoms with E-state index in [0.29, 0.717) is 11.8 Å². The van der Waals surface area contributed by atoms with Crippen LogP contribution in [0.4, 0.5) is 0 Å². The molecule has 0 aliphatic carbocycles. The largest absolute Gasteiger partial charge is 0.356 e. The second-order valence-corrected chi connectivity index (χ2v) is 8.83. The Morgan fingerprint density at radius 3 is 1.12 bits per heavy atom. The molecule has 4 rings (SSSR count). The van der Waals surface area contributed by atoms with Gasteiger partial charge in [0.2, 0.25) is 0 Å². The molecule has 1 nitrogen and oxygen atoms in total. The number of benzene rings is 4. The fourth-order valence-electron chi connectivity index (χ4n) is 4.03. The third-order valence-corrected chi connectivity index (χ3v) is 6.19. The van der Waals surface area contributed by atoms with Crippen LogP contribution in [0.25, 0.3) is 0 Å². The average Bonchev–Trinajstić information content (AvgIpc) is 2.88. The first-order chi connectivity index (χ1) is 16.3. The summed E-state index contributed by atoms with van der Waals surface area (Å²) in [4.78, 5) is 0. The van der Waals surface area contributed by atoms with E-state index in [4.69, 9.17) is 27.9 Å². The van der Waals surface area contributed by atoms with Gasteiger partial charge in [0.15, 0.2) is 0 Å². The summed E-state index contributed by atoms with van der Waals surface area (Å²) in [5.74, 6) is 1.24. The molecular weight excluding hydrogens is 447 g/mol. The Kier molecular flexibility index (Phi) is 8.60. The monoisotopic (exact) mass is 474 g/mol. The van der Waals surface area contributed by atoms with Gasteiger partial charge in [-0.25, -0.2) is 0 Å². The SMILES string of the molecule is ClCCc1ccc(C(OC(c2ccccc2)c2ccc(CCCl)cc2)c2ccccc2)cc1. The van der Waals surface area contributed by atoms with Crippen molar-refractivity contribution in [3.8, 4) is 0 Å². The number of halogens is 2. The van der Waals surface area contributed by atoms with E-state index < -0.39 is 0 Å². The van der Waals surface area contributed by atoms with E-state index in [2.05, 4.69) is 97.1 Å². The Hall–Kier alpha value is -2.58. The number of ether oxygens (including phenoxy) is 1. The molecule has 0 heterocycles. The Balaban J connectivity index is 1.72. The molecule has 2 unspecified atom stereocenters. The molecule has 4 aromatic rings. The van der Waals surface area contributed by atoms with E-state index in [0.717, 1.165) is 35.1 Å². The standard InChI is InChI=1S/C30H28Cl2O/c31-21-19-23-11-15-27(16-12-23)29(25-7-3-1-4-8-25)33-30(26-9-5-2-6-10-26)28-17-13-24(14-18-28)20-22-32/h1-18,29-30H,19-22H2. The molecule has 0 aliphatic heterocycles. The summed E-state index contributed by atoms with van der Waals surface area (Å²) in [6, 6.07) is 38.1. The van der Waals surface area contributed by atoms with Gasteiger partial charge < -0.3 is 4.74 Å². The molecular formula is C30H28Cl2O. The maximum Gasteiger partial charge on any atom is 0.109 e. The molecule has 0 bridgehead atoms. The average molecular weight is 475 g/mol. The number of rotatable bonds is 10. The predicted molar refractivity (Wildman–Crippen MR) is 139 cm³/mol. The normalized spacial score (nSPS) is 12.9. The number of alkyl halides is 2. The van der Waals surface area contributed by atoms with Gasteiger partial charge in [-0.2, -0.15) is 0 Å². The lowest BCUT2D eigenvalue weighted by atomic mass is 9.96. The van der Waals surface area contributed by atoms with Crippen LogP contribution in [0.2, 0.25) is 0 Å². The van der Waals surface area contributed by atoms with Crippen molar-refractivity contribution in [2.75, 3.05) is 11.8 Å². The predicted octanol–water partition coefficient (Wildman–Crippen LogP) is 8.14. The van der Waals surface area contributed by atoms with Crippen molar-refractivity contribution in [1.29, 1.82) is 0 Å². The van der Waals surface area contributed by atoms with E-state index in [-0.39, 0.29) is 12.2 Å². The van der Waals surface area contributed by atoms with Crippen LogP contribution in [0.5, 0.6) is 0 Å². The highest BCUT2D eigenvalue weighted by atomic mass is 35.5. The van der Waals surface area contributed by atoms with E-state index >= 15 is 0 Å². The van der Waals surface area contributed by atoms with Gasteiger partial charge in [0.25, 0.3) is 0 Å². The van der Waals surface area contributed by atoms with Gasteiger partial charge in [-0.3, -0.25) is 0 Å². The summed E-state index contributed by atoms with van der Waals surface area (Å²) in [6.45, 7) is 0. The van der Waals surface area contributed by atoms with Crippen molar-refractivity contribution in [2.45, 2.75) is 25.0 Å². The van der Waals surface area contributed by atoms with Crippen LogP contribution in [0.3, 0.4) is 0 Å². The van der Waals surface area contributed by atoms with Crippen molar-refractivity contribution < 1.29 is 4.74 Å². The molecule has 0 aliphatic rings. The summed E-state index contributed by atoms with van der Waals surface area (Å²) in [5, 5.41) is 0. The van der Waals surface area contributed by atoms with Gasteiger partial charge in [-0.15, -0.1) is 23.2 Å². The third kappa shape index (κ3) is 6.26. The van der Waals surface area contributed by atoms with Gasteiger partial charge in [-0.05, 0) is 46.2 Å². The van der Waals surface area contributed by atoms with Crippen LogP contribution in [-0.4, -0.2) is 11.8 Å². The zero-order valence-electron chi connectivity index (χ0n) is 18.5. The lowest BCUT2D eigenvalue weighted by Gasteiger charge is -2.27. The number of aryl methyl sites for hydroxylation is 2. The summed E-state index contributed by atoms with van der Waals surface area (Å²) in [7, 11) is 0. The molecule has 2 atom stereocenters. The molecule has 4 aromatic carbocycles. The van der Waals surface area contributed by atoms with Crippen LogP contribution >= 0.6 is 23.2 Å². The zero-order valence-corrected chi connectivity index (χ0v) is 20.1. The lowest BCUT2D eigenvalue weighted by molar-refractivity contribution is 0.0308. The minimum absolute atomic E-state index is 0.205. The summed E-state index contributed by atoms with van der Waals surface area (Å²) < 4.78 is 6.94. The maximum atomic E-state index is 6.94. The second kappa shape index (κ2) is 12.0. The van der Waals surface area contributed by atoms with Crippen LogP contribution in [-0.2, 0) is 17.6 Å². The fraction of sp³-hybridized carbons (Fsp3) is 0.200. The molecule has 0 radical (unpaired) electrons. The van der Waals surface area contributed by atoms with Gasteiger partial charge in [0.1, 0.15) is 12.2 Å². The molecule has 0 fully saturated rings. The first kappa shape index (κ1) is 23.6. The third-order valence-electron chi connectivity index (χ3n) is 5.81. The van der Waals surface area contributed by atoms with Crippen molar-refractivity contribution in [1.82, 2.24) is 0 Å². The molecule has 3 heteroatoms. The van der Waals surface area contributed by atoms with Crippen molar-refractivity contribution in [3.05, 3.63) is 143 Å². The fourth-order valence-corrected chi connectivity index (χ4v) is 4.46. The molecule has 0 N–H and O–H groups in total. The van der Waals surface area contributed by atoms with E-state index in [1.807, 2.05) is 12.1 Å². The van der Waals surface area contributed by atoms with Gasteiger partial charge in [-0.1, -0.05) is 109 Å². The van der Waals surface area contributed by atoms with Crippen molar-refractivity contribution >= 4 is 23.2 Å². The minimum atomic E-state index is -0.205. The van der Waals surface area contributed by atoms with E-state index in [1.165, 1.54) is 11.1 Å². The number of hydrogen-bond donors (Lipinski definition) is 0. The summed E-state index contributed by atoms with van der Waals surface area (Å²) in [6.07, 6.45) is 1.31. The molecule has 0 amide bonds. The highest BCUT2D eigenvalue weighted by Gasteiger charge is 2.23. The Bertz CT molecular complexity index is 1000. The summed E-state index contributed by atoms with van der Waals surface area (Å²) >= 11 is 11.9. The molecule has 33 heavy (non-hydrogen) atoms. The highest BCUT2D eigenvalue weighted by Crippen LogP contribution is 2.36. The maximum absolute atomic E-state index is 6.94. The van der Waals surface area contributed by atoms with Crippen LogP contribution in [0, 0.1) is 0 Å². The van der Waals surface area contributed by atoms with Gasteiger partial charge in [0, 0.05) is 11.8 Å². The van der Waals surface area contributed by atoms with Crippen LogP contribution in [0.15, 0.2) is 109 Å². The van der Waals surface area contributed by atoms with Gasteiger partial charge in [0.05, 0.1) is 0 Å². The minimum Gasteiger partial charge on any atom is -0.356 e. The molecule has 0 saturated carbocycles. The van der Waals surface area contributed by atoms with E-state index in [1.54, 1.807) is 0 Å².